The van der Waals surface area contributed by atoms with Crippen LogP contribution < -0.4 is 10.5 Å². The molecule has 1 saturated heterocycles. The fourth-order valence-corrected chi connectivity index (χ4v) is 3.80. The zero-order valence-electron chi connectivity index (χ0n) is 15.7. The SMILES string of the molecule is Cc1ncc(-c2cc(-c3cc(SNCC4(O)COC4)ccc3C)cnc2N)o1. The molecule has 1 aliphatic heterocycles. The first kappa shape index (κ1) is 18.9. The molecule has 3 heterocycles. The van der Waals surface area contributed by atoms with Crippen molar-refractivity contribution in [2.75, 3.05) is 25.5 Å². The zero-order chi connectivity index (χ0) is 19.7. The fourth-order valence-electron chi connectivity index (χ4n) is 2.97. The molecule has 1 fully saturated rings. The molecule has 0 aliphatic carbocycles. The molecule has 3 aromatic rings. The molecule has 0 bridgehead atoms. The molecular weight excluding hydrogens is 376 g/mol. The van der Waals surface area contributed by atoms with E-state index < -0.39 is 5.60 Å². The van der Waals surface area contributed by atoms with Gasteiger partial charge in [-0.25, -0.2) is 9.97 Å². The van der Waals surface area contributed by atoms with Gasteiger partial charge in [0.05, 0.1) is 25.0 Å². The second-order valence-electron chi connectivity index (χ2n) is 7.02. The van der Waals surface area contributed by atoms with Gasteiger partial charge in [-0.2, -0.15) is 0 Å². The molecule has 146 valence electrons. The average Bonchev–Trinajstić information content (AvgIpc) is 3.08. The number of aliphatic hydroxyl groups is 1. The third-order valence-corrected chi connectivity index (χ3v) is 5.44. The number of rotatable bonds is 6. The lowest BCUT2D eigenvalue weighted by atomic mass is 10.0. The molecule has 1 aromatic carbocycles. The van der Waals surface area contributed by atoms with Crippen LogP contribution in [0.3, 0.4) is 0 Å². The van der Waals surface area contributed by atoms with Crippen LogP contribution in [0.5, 0.6) is 0 Å². The predicted octanol–water partition coefficient (Wildman–Crippen LogP) is 2.96. The number of benzene rings is 1. The molecule has 8 heteroatoms. The van der Waals surface area contributed by atoms with Gasteiger partial charge in [0.2, 0.25) is 0 Å². The minimum atomic E-state index is -0.758. The summed E-state index contributed by atoms with van der Waals surface area (Å²) in [7, 11) is 0. The zero-order valence-corrected chi connectivity index (χ0v) is 16.5. The van der Waals surface area contributed by atoms with Gasteiger partial charge in [-0.15, -0.1) is 0 Å². The summed E-state index contributed by atoms with van der Waals surface area (Å²) in [4.78, 5) is 9.53. The summed E-state index contributed by atoms with van der Waals surface area (Å²) < 4.78 is 13.9. The number of nitrogens with one attached hydrogen (secondary N) is 1. The maximum atomic E-state index is 10.1. The smallest absolute Gasteiger partial charge is 0.191 e. The van der Waals surface area contributed by atoms with E-state index in [0.717, 1.165) is 27.1 Å². The van der Waals surface area contributed by atoms with E-state index in [1.807, 2.05) is 12.1 Å². The van der Waals surface area contributed by atoms with Gasteiger partial charge in [0, 0.05) is 30.1 Å². The van der Waals surface area contributed by atoms with Crippen LogP contribution in [0.4, 0.5) is 5.82 Å². The number of aryl methyl sites for hydroxylation is 2. The monoisotopic (exact) mass is 398 g/mol. The summed E-state index contributed by atoms with van der Waals surface area (Å²) in [5, 5.41) is 10.1. The number of hydrogen-bond acceptors (Lipinski definition) is 8. The van der Waals surface area contributed by atoms with E-state index in [0.29, 0.717) is 37.2 Å². The number of hydrogen-bond donors (Lipinski definition) is 3. The minimum absolute atomic E-state index is 0.376. The molecule has 0 saturated carbocycles. The van der Waals surface area contributed by atoms with Gasteiger partial charge in [0.1, 0.15) is 11.4 Å². The summed E-state index contributed by atoms with van der Waals surface area (Å²) in [6.45, 7) is 5.07. The van der Waals surface area contributed by atoms with Crippen LogP contribution in [0.2, 0.25) is 0 Å². The Labute approximate surface area is 167 Å². The first-order valence-electron chi connectivity index (χ1n) is 8.93. The molecule has 0 amide bonds. The van der Waals surface area contributed by atoms with Crippen LogP contribution in [0.1, 0.15) is 11.5 Å². The van der Waals surface area contributed by atoms with Crippen LogP contribution in [0.25, 0.3) is 22.5 Å². The average molecular weight is 398 g/mol. The fraction of sp³-hybridized carbons (Fsp3) is 0.300. The Morgan fingerprint density at radius 2 is 2.00 bits per heavy atom. The number of nitrogens with two attached hydrogens (primary N) is 1. The summed E-state index contributed by atoms with van der Waals surface area (Å²) in [5.74, 6) is 1.59. The summed E-state index contributed by atoms with van der Waals surface area (Å²) in [5.41, 5.74) is 9.15. The Kier molecular flexibility index (Phi) is 5.11. The van der Waals surface area contributed by atoms with Crippen molar-refractivity contribution in [3.63, 3.8) is 0 Å². The predicted molar refractivity (Wildman–Crippen MR) is 109 cm³/mol. The number of ether oxygens (including phenoxy) is 1. The number of oxazole rings is 1. The molecule has 4 rings (SSSR count). The Bertz CT molecular complexity index is 1000. The molecule has 1 aliphatic rings. The van der Waals surface area contributed by atoms with Crippen molar-refractivity contribution in [3.8, 4) is 22.5 Å². The topological polar surface area (TPSA) is 106 Å². The maximum absolute atomic E-state index is 10.1. The van der Waals surface area contributed by atoms with E-state index in [1.54, 1.807) is 19.3 Å². The third kappa shape index (κ3) is 3.90. The van der Waals surface area contributed by atoms with Gasteiger partial charge in [0.25, 0.3) is 0 Å². The highest BCUT2D eigenvalue weighted by Crippen LogP contribution is 2.33. The lowest BCUT2D eigenvalue weighted by Crippen LogP contribution is -2.55. The Hall–Kier alpha value is -2.39. The second-order valence-corrected chi connectivity index (χ2v) is 7.98. The highest BCUT2D eigenvalue weighted by atomic mass is 32.2. The van der Waals surface area contributed by atoms with Crippen LogP contribution in [0, 0.1) is 13.8 Å². The molecule has 2 aromatic heterocycles. The van der Waals surface area contributed by atoms with Crippen molar-refractivity contribution in [3.05, 3.63) is 48.1 Å². The first-order chi connectivity index (χ1) is 13.4. The second kappa shape index (κ2) is 7.56. The molecule has 7 nitrogen and oxygen atoms in total. The lowest BCUT2D eigenvalue weighted by Gasteiger charge is -2.36. The van der Waals surface area contributed by atoms with Crippen molar-refractivity contribution in [2.24, 2.45) is 0 Å². The van der Waals surface area contributed by atoms with Crippen LogP contribution >= 0.6 is 11.9 Å². The molecule has 0 radical (unpaired) electrons. The van der Waals surface area contributed by atoms with E-state index in [1.165, 1.54) is 11.9 Å². The summed E-state index contributed by atoms with van der Waals surface area (Å²) >= 11 is 1.48. The molecular formula is C20H22N4O3S. The van der Waals surface area contributed by atoms with E-state index in [9.17, 15) is 5.11 Å². The van der Waals surface area contributed by atoms with Crippen LogP contribution in [-0.4, -0.2) is 40.4 Å². The first-order valence-corrected chi connectivity index (χ1v) is 9.74. The van der Waals surface area contributed by atoms with E-state index >= 15 is 0 Å². The molecule has 4 N–H and O–H groups in total. The standard InChI is InChI=1S/C20H22N4O3S/c1-12-3-4-15(28-24-9-20(25)10-26-11-20)6-16(12)14-5-17(19(21)23-7-14)18-8-22-13(2)27-18/h3-8,24-25H,9-11H2,1-2H3,(H2,21,23). The van der Waals surface area contributed by atoms with Gasteiger partial charge in [-0.1, -0.05) is 6.07 Å². The largest absolute Gasteiger partial charge is 0.441 e. The number of pyridine rings is 1. The van der Waals surface area contributed by atoms with E-state index in [2.05, 4.69) is 33.7 Å². The molecule has 0 atom stereocenters. The number of nitrogen functional groups attached to an aromatic ring is 1. The van der Waals surface area contributed by atoms with Gasteiger partial charge in [-0.05, 0) is 48.2 Å². The minimum Gasteiger partial charge on any atom is -0.441 e. The summed E-state index contributed by atoms with van der Waals surface area (Å²) in [6.07, 6.45) is 3.42. The van der Waals surface area contributed by atoms with Crippen molar-refractivity contribution in [1.82, 2.24) is 14.7 Å². The number of anilines is 1. The van der Waals surface area contributed by atoms with Crippen molar-refractivity contribution < 1.29 is 14.3 Å². The van der Waals surface area contributed by atoms with Gasteiger partial charge >= 0.3 is 0 Å². The third-order valence-electron chi connectivity index (χ3n) is 4.66. The number of nitrogens with zero attached hydrogens (tertiary/aromatic N) is 2. The van der Waals surface area contributed by atoms with Crippen molar-refractivity contribution in [1.29, 1.82) is 0 Å². The molecule has 28 heavy (non-hydrogen) atoms. The van der Waals surface area contributed by atoms with E-state index in [-0.39, 0.29) is 0 Å². The highest BCUT2D eigenvalue weighted by molar-refractivity contribution is 7.97. The van der Waals surface area contributed by atoms with E-state index in [4.69, 9.17) is 14.9 Å². The molecule has 0 spiro atoms. The quantitative estimate of drug-likeness (QED) is 0.544. The van der Waals surface area contributed by atoms with Gasteiger partial charge < -0.3 is 20.0 Å². The normalized spacial score (nSPS) is 15.4. The Morgan fingerprint density at radius 1 is 1.18 bits per heavy atom. The van der Waals surface area contributed by atoms with Crippen LogP contribution in [-0.2, 0) is 4.74 Å². The Balaban J connectivity index is 1.58. The lowest BCUT2D eigenvalue weighted by molar-refractivity contribution is -0.172. The molecule has 0 unspecified atom stereocenters. The van der Waals surface area contributed by atoms with Gasteiger partial charge in [0.15, 0.2) is 11.7 Å². The highest BCUT2D eigenvalue weighted by Gasteiger charge is 2.35. The number of aromatic nitrogens is 2. The Morgan fingerprint density at radius 3 is 2.68 bits per heavy atom. The van der Waals surface area contributed by atoms with Crippen molar-refractivity contribution in [2.45, 2.75) is 24.3 Å². The van der Waals surface area contributed by atoms with Crippen molar-refractivity contribution >= 4 is 17.8 Å². The van der Waals surface area contributed by atoms with Crippen LogP contribution in [0.15, 0.2) is 46.0 Å². The maximum Gasteiger partial charge on any atom is 0.191 e. The van der Waals surface area contributed by atoms with Gasteiger partial charge in [-0.3, -0.25) is 4.72 Å². The summed E-state index contributed by atoms with van der Waals surface area (Å²) in [6, 6.07) is 8.18.